The highest BCUT2D eigenvalue weighted by molar-refractivity contribution is 6.01. The number of para-hydroxylation sites is 1. The fourth-order valence-corrected chi connectivity index (χ4v) is 6.11. The number of nitro benzene ring substituents is 1. The van der Waals surface area contributed by atoms with Gasteiger partial charge in [-0.15, -0.1) is 0 Å². The van der Waals surface area contributed by atoms with Crippen LogP contribution in [0.2, 0.25) is 0 Å². The van der Waals surface area contributed by atoms with E-state index in [2.05, 4.69) is 66.8 Å². The second kappa shape index (κ2) is 11.1. The minimum absolute atomic E-state index is 0.103. The van der Waals surface area contributed by atoms with Gasteiger partial charge in [0.15, 0.2) is 0 Å². The van der Waals surface area contributed by atoms with Crippen LogP contribution in [0.5, 0.6) is 0 Å². The quantitative estimate of drug-likeness (QED) is 0.0768. The van der Waals surface area contributed by atoms with Crippen LogP contribution in [0.25, 0.3) is 49.5 Å². The molecule has 3 aromatic carbocycles. The highest BCUT2D eigenvalue weighted by Crippen LogP contribution is 2.36. The third-order valence-corrected chi connectivity index (χ3v) is 8.17. The van der Waals surface area contributed by atoms with Gasteiger partial charge in [-0.05, 0) is 72.2 Å². The van der Waals surface area contributed by atoms with E-state index in [0.29, 0.717) is 0 Å². The summed E-state index contributed by atoms with van der Waals surface area (Å²) < 4.78 is 2.35. The molecule has 0 aliphatic carbocycles. The van der Waals surface area contributed by atoms with Gasteiger partial charge in [0.2, 0.25) is 0 Å². The molecule has 5 heteroatoms. The van der Waals surface area contributed by atoms with Crippen LogP contribution in [0.15, 0.2) is 78.9 Å². The number of pyridine rings is 2. The van der Waals surface area contributed by atoms with Gasteiger partial charge >= 0.3 is 0 Å². The molecule has 0 amide bonds. The Balaban J connectivity index is 1.67. The van der Waals surface area contributed by atoms with Gasteiger partial charge in [0, 0.05) is 28.3 Å². The number of fused-ring (bicyclic) bond motifs is 6. The number of aromatic nitrogens is 2. The van der Waals surface area contributed by atoms with E-state index in [4.69, 9.17) is 4.98 Å². The second-order valence-corrected chi connectivity index (χ2v) is 10.9. The van der Waals surface area contributed by atoms with Crippen molar-refractivity contribution in [1.29, 1.82) is 0 Å². The molecule has 0 N–H and O–H groups in total. The highest BCUT2D eigenvalue weighted by Gasteiger charge is 2.19. The molecule has 0 atom stereocenters. The Bertz CT molecular complexity index is 1870. The lowest BCUT2D eigenvalue weighted by atomic mass is 9.93. The Labute approximate surface area is 234 Å². The molecule has 202 valence electrons. The van der Waals surface area contributed by atoms with E-state index in [1.807, 2.05) is 12.1 Å². The molecule has 0 aliphatic rings. The second-order valence-electron chi connectivity index (χ2n) is 10.9. The first-order chi connectivity index (χ1) is 19.6. The van der Waals surface area contributed by atoms with E-state index in [9.17, 15) is 10.1 Å². The predicted molar refractivity (Wildman–Crippen MR) is 166 cm³/mol. The molecule has 0 bridgehead atoms. The summed E-state index contributed by atoms with van der Waals surface area (Å²) >= 11 is 0. The lowest BCUT2D eigenvalue weighted by Gasteiger charge is -2.18. The van der Waals surface area contributed by atoms with E-state index in [1.54, 1.807) is 18.2 Å². The Kier molecular flexibility index (Phi) is 7.21. The molecule has 0 spiro atoms. The van der Waals surface area contributed by atoms with Gasteiger partial charge in [0.05, 0.1) is 21.5 Å². The molecule has 3 aromatic heterocycles. The minimum atomic E-state index is -0.333. The third-order valence-electron chi connectivity index (χ3n) is 8.17. The van der Waals surface area contributed by atoms with E-state index in [-0.39, 0.29) is 10.6 Å². The molecule has 5 nitrogen and oxygen atoms in total. The van der Waals surface area contributed by atoms with Gasteiger partial charge < -0.3 is 0 Å². The number of nitrogens with zero attached hydrogens (tertiary/aromatic N) is 3. The molecule has 0 saturated carbocycles. The van der Waals surface area contributed by atoms with Crippen LogP contribution in [0, 0.1) is 10.1 Å². The SMILES string of the molecule is CCCCCc1c(CCCCC)c2cc3ccc(-c4cccc([N+](=O)[O-])c4)cc3n2c2nc3ccccc3cc12. The number of non-ortho nitro benzene ring substituents is 1. The molecule has 6 rings (SSSR count). The van der Waals surface area contributed by atoms with E-state index in [1.165, 1.54) is 65.9 Å². The standard InChI is InChI=1S/C35H35N3O2/c1-3-5-7-15-29-30(16-8-6-4-2)34-23-27-19-18-25(24-13-11-14-28(20-24)38(39)40)22-33(27)37(34)35-31(29)21-26-12-9-10-17-32(26)36-35/h9-14,17-23H,3-8,15-16H2,1-2H3. The Hall–Kier alpha value is -4.25. The smallest absolute Gasteiger partial charge is 0.270 e. The molecule has 0 fully saturated rings. The summed E-state index contributed by atoms with van der Waals surface area (Å²) in [6, 6.07) is 26.3. The van der Waals surface area contributed by atoms with Crippen LogP contribution in [0.3, 0.4) is 0 Å². The summed E-state index contributed by atoms with van der Waals surface area (Å²) in [5.41, 5.74) is 9.11. The van der Waals surface area contributed by atoms with Crippen molar-refractivity contribution in [1.82, 2.24) is 9.38 Å². The van der Waals surface area contributed by atoms with Gasteiger partial charge in [-0.2, -0.15) is 0 Å². The van der Waals surface area contributed by atoms with Gasteiger partial charge in [-0.1, -0.05) is 82.0 Å². The topological polar surface area (TPSA) is 60.4 Å². The summed E-state index contributed by atoms with van der Waals surface area (Å²) in [5.74, 6) is 0. The number of hydrogen-bond donors (Lipinski definition) is 0. The van der Waals surface area contributed by atoms with E-state index < -0.39 is 0 Å². The number of aryl methyl sites for hydroxylation is 2. The maximum absolute atomic E-state index is 11.4. The monoisotopic (exact) mass is 529 g/mol. The number of hydrogen-bond acceptors (Lipinski definition) is 3. The van der Waals surface area contributed by atoms with Crippen molar-refractivity contribution in [3.8, 4) is 11.1 Å². The summed E-state index contributed by atoms with van der Waals surface area (Å²) in [6.45, 7) is 4.52. The molecule has 3 heterocycles. The zero-order valence-electron chi connectivity index (χ0n) is 23.3. The van der Waals surface area contributed by atoms with Crippen molar-refractivity contribution in [3.63, 3.8) is 0 Å². The molecule has 0 saturated heterocycles. The number of unbranched alkanes of at least 4 members (excludes halogenated alkanes) is 4. The van der Waals surface area contributed by atoms with Gasteiger partial charge in [-0.3, -0.25) is 14.5 Å². The number of nitro groups is 1. The Morgan fingerprint density at radius 1 is 0.725 bits per heavy atom. The summed E-state index contributed by atoms with van der Waals surface area (Å²) in [4.78, 5) is 16.4. The van der Waals surface area contributed by atoms with Gasteiger partial charge in [-0.25, -0.2) is 4.98 Å². The van der Waals surface area contributed by atoms with E-state index >= 15 is 0 Å². The van der Waals surface area contributed by atoms with Crippen molar-refractivity contribution < 1.29 is 4.92 Å². The normalized spacial score (nSPS) is 11.8. The summed E-state index contributed by atoms with van der Waals surface area (Å²) in [5, 5.41) is 15.0. The zero-order valence-corrected chi connectivity index (χ0v) is 23.3. The molecule has 40 heavy (non-hydrogen) atoms. The number of rotatable bonds is 10. The molecular formula is C35H35N3O2. The third kappa shape index (κ3) is 4.70. The highest BCUT2D eigenvalue weighted by atomic mass is 16.6. The molecular weight excluding hydrogens is 494 g/mol. The number of benzene rings is 3. The van der Waals surface area contributed by atoms with Crippen molar-refractivity contribution in [2.45, 2.75) is 65.2 Å². The van der Waals surface area contributed by atoms with Crippen molar-refractivity contribution in [2.24, 2.45) is 0 Å². The molecule has 6 aromatic rings. The fourth-order valence-electron chi connectivity index (χ4n) is 6.11. The van der Waals surface area contributed by atoms with Crippen molar-refractivity contribution in [2.75, 3.05) is 0 Å². The molecule has 0 unspecified atom stereocenters. The predicted octanol–water partition coefficient (Wildman–Crippen LogP) is 9.83. The van der Waals surface area contributed by atoms with Crippen LogP contribution in [-0.4, -0.2) is 14.3 Å². The van der Waals surface area contributed by atoms with Crippen LogP contribution >= 0.6 is 0 Å². The van der Waals surface area contributed by atoms with Crippen molar-refractivity contribution >= 4 is 44.0 Å². The van der Waals surface area contributed by atoms with Gasteiger partial charge in [0.25, 0.3) is 5.69 Å². The average molecular weight is 530 g/mol. The first kappa shape index (κ1) is 26.0. The molecule has 0 radical (unpaired) electrons. The average Bonchev–Trinajstić information content (AvgIpc) is 3.36. The summed E-state index contributed by atoms with van der Waals surface area (Å²) in [6.07, 6.45) is 9.27. The van der Waals surface area contributed by atoms with Crippen LogP contribution in [-0.2, 0) is 12.8 Å². The minimum Gasteiger partial charge on any atom is -0.294 e. The fraction of sp³-hybridized carbons (Fsp3) is 0.286. The zero-order chi connectivity index (χ0) is 27.6. The lowest BCUT2D eigenvalue weighted by molar-refractivity contribution is -0.384. The van der Waals surface area contributed by atoms with Gasteiger partial charge in [0.1, 0.15) is 5.65 Å². The van der Waals surface area contributed by atoms with Crippen LogP contribution in [0.1, 0.15) is 63.5 Å². The maximum atomic E-state index is 11.4. The first-order valence-corrected chi connectivity index (χ1v) is 14.6. The first-order valence-electron chi connectivity index (χ1n) is 14.6. The maximum Gasteiger partial charge on any atom is 0.270 e. The Morgan fingerprint density at radius 3 is 2.25 bits per heavy atom. The Morgan fingerprint density at radius 2 is 1.48 bits per heavy atom. The van der Waals surface area contributed by atoms with Crippen molar-refractivity contribution in [3.05, 3.63) is 100 Å². The van der Waals surface area contributed by atoms with Crippen LogP contribution < -0.4 is 0 Å². The lowest BCUT2D eigenvalue weighted by Crippen LogP contribution is -2.04. The summed E-state index contributed by atoms with van der Waals surface area (Å²) in [7, 11) is 0. The molecule has 0 aliphatic heterocycles. The largest absolute Gasteiger partial charge is 0.294 e. The van der Waals surface area contributed by atoms with E-state index in [0.717, 1.165) is 46.0 Å². The van der Waals surface area contributed by atoms with Crippen LogP contribution in [0.4, 0.5) is 5.69 Å².